The highest BCUT2D eigenvalue weighted by molar-refractivity contribution is 5.89. The number of ketones is 1. The van der Waals surface area contributed by atoms with Crippen LogP contribution in [0.4, 0.5) is 0 Å². The highest BCUT2D eigenvalue weighted by Gasteiger charge is 2.67. The highest BCUT2D eigenvalue weighted by Crippen LogP contribution is 2.68. The summed E-state index contributed by atoms with van der Waals surface area (Å²) in [6.45, 7) is 13.1. The molecule has 0 saturated heterocycles. The van der Waals surface area contributed by atoms with Gasteiger partial charge in [-0.2, -0.15) is 0 Å². The monoisotopic (exact) mass is 442 g/mol. The Kier molecular flexibility index (Phi) is 6.24. The molecule has 0 heterocycles. The van der Waals surface area contributed by atoms with Crippen LogP contribution in [0.1, 0.15) is 92.9 Å². The second-order valence-electron chi connectivity index (χ2n) is 11.4. The van der Waals surface area contributed by atoms with Crippen LogP contribution in [0.2, 0.25) is 0 Å². The fraction of sp³-hybridized carbons (Fsp3) is 0.786. The maximum absolute atomic E-state index is 12.9. The number of carbonyl (C=O) groups excluding carboxylic acids is 2. The minimum Gasteiger partial charge on any atom is -0.451 e. The molecule has 0 unspecified atom stereocenters. The predicted molar refractivity (Wildman–Crippen MR) is 126 cm³/mol. The van der Waals surface area contributed by atoms with Gasteiger partial charge in [0.15, 0.2) is 11.4 Å². The van der Waals surface area contributed by atoms with E-state index in [1.54, 1.807) is 6.92 Å². The third-order valence-electron chi connectivity index (χ3n) is 9.77. The number of hydrogen-bond acceptors (Lipinski definition) is 4. The zero-order valence-electron chi connectivity index (χ0n) is 21.0. The molecule has 4 aliphatic carbocycles. The molecule has 4 nitrogen and oxygen atoms in total. The Morgan fingerprint density at radius 2 is 1.75 bits per heavy atom. The Morgan fingerprint density at radius 1 is 1.03 bits per heavy atom. The number of esters is 1. The van der Waals surface area contributed by atoms with E-state index in [0.29, 0.717) is 24.2 Å². The van der Waals surface area contributed by atoms with E-state index in [2.05, 4.69) is 39.8 Å². The van der Waals surface area contributed by atoms with Gasteiger partial charge < -0.3 is 9.47 Å². The van der Waals surface area contributed by atoms with Crippen molar-refractivity contribution >= 4 is 11.8 Å². The molecule has 0 aromatic carbocycles. The fourth-order valence-electron chi connectivity index (χ4n) is 8.13. The van der Waals surface area contributed by atoms with E-state index in [1.165, 1.54) is 24.5 Å². The van der Waals surface area contributed by atoms with Crippen molar-refractivity contribution in [3.05, 3.63) is 23.3 Å². The van der Waals surface area contributed by atoms with Crippen LogP contribution in [-0.4, -0.2) is 30.1 Å². The van der Waals surface area contributed by atoms with Crippen molar-refractivity contribution < 1.29 is 19.1 Å². The Hall–Kier alpha value is -1.42. The summed E-state index contributed by atoms with van der Waals surface area (Å²) in [5, 5.41) is 0. The first kappa shape index (κ1) is 23.7. The van der Waals surface area contributed by atoms with Crippen LogP contribution in [0.25, 0.3) is 0 Å². The number of Topliss-reactive ketones (excluding diaryl/α,β-unsaturated/α-hetero) is 1. The molecule has 0 bridgehead atoms. The molecule has 2 fully saturated rings. The predicted octanol–water partition coefficient (Wildman–Crippen LogP) is 6.19. The normalized spacial score (nSPS) is 42.8. The van der Waals surface area contributed by atoms with E-state index in [-0.39, 0.29) is 28.7 Å². The topological polar surface area (TPSA) is 52.6 Å². The van der Waals surface area contributed by atoms with Crippen molar-refractivity contribution in [2.75, 3.05) is 6.61 Å². The summed E-state index contributed by atoms with van der Waals surface area (Å²) in [6, 6.07) is 0. The highest BCUT2D eigenvalue weighted by atomic mass is 16.6. The van der Waals surface area contributed by atoms with Gasteiger partial charge >= 0.3 is 5.97 Å². The maximum Gasteiger partial charge on any atom is 0.303 e. The van der Waals surface area contributed by atoms with E-state index in [4.69, 9.17) is 9.47 Å². The number of allylic oxidation sites excluding steroid dienone is 3. The molecule has 4 aliphatic rings. The third kappa shape index (κ3) is 3.43. The van der Waals surface area contributed by atoms with Gasteiger partial charge in [0.25, 0.3) is 0 Å². The Labute approximate surface area is 194 Å². The molecule has 0 N–H and O–H groups in total. The molecule has 0 radical (unpaired) electrons. The summed E-state index contributed by atoms with van der Waals surface area (Å²) >= 11 is 0. The maximum atomic E-state index is 12.9. The zero-order chi connectivity index (χ0) is 23.3. The minimum absolute atomic E-state index is 0.0178. The summed E-state index contributed by atoms with van der Waals surface area (Å²) in [5.74, 6) is 1.07. The van der Waals surface area contributed by atoms with Gasteiger partial charge in [0.2, 0.25) is 0 Å². The first-order chi connectivity index (χ1) is 15.1. The van der Waals surface area contributed by atoms with Gasteiger partial charge in [-0.25, -0.2) is 0 Å². The Balaban J connectivity index is 1.67. The van der Waals surface area contributed by atoms with E-state index in [1.807, 2.05) is 0 Å². The summed E-state index contributed by atoms with van der Waals surface area (Å²) < 4.78 is 12.1. The number of unbranched alkanes of at least 4 members (excludes halogenated alkanes) is 1. The lowest BCUT2D eigenvalue weighted by Gasteiger charge is -2.58. The van der Waals surface area contributed by atoms with Crippen LogP contribution in [0.3, 0.4) is 0 Å². The molecule has 4 heteroatoms. The molecule has 32 heavy (non-hydrogen) atoms. The van der Waals surface area contributed by atoms with Crippen molar-refractivity contribution in [2.45, 2.75) is 105 Å². The van der Waals surface area contributed by atoms with Crippen LogP contribution >= 0.6 is 0 Å². The number of ether oxygens (including phenoxy) is 2. The average molecular weight is 443 g/mol. The van der Waals surface area contributed by atoms with Crippen molar-refractivity contribution in [1.82, 2.24) is 0 Å². The largest absolute Gasteiger partial charge is 0.451 e. The van der Waals surface area contributed by atoms with E-state index in [0.717, 1.165) is 45.1 Å². The summed E-state index contributed by atoms with van der Waals surface area (Å²) in [4.78, 5) is 24.9. The molecular weight excluding hydrogens is 400 g/mol. The first-order valence-corrected chi connectivity index (χ1v) is 12.8. The van der Waals surface area contributed by atoms with Gasteiger partial charge in [0.05, 0.1) is 6.10 Å². The molecular formula is C28H42O4. The molecule has 178 valence electrons. The lowest BCUT2D eigenvalue weighted by Crippen LogP contribution is -2.58. The Bertz CT molecular complexity index is 840. The van der Waals surface area contributed by atoms with Crippen LogP contribution in [0.5, 0.6) is 0 Å². The number of rotatable bonds is 6. The van der Waals surface area contributed by atoms with Gasteiger partial charge in [0, 0.05) is 18.9 Å². The molecule has 0 amide bonds. The molecule has 4 rings (SSSR count). The second-order valence-corrected chi connectivity index (χ2v) is 11.4. The summed E-state index contributed by atoms with van der Waals surface area (Å²) in [5.41, 5.74) is 1.79. The lowest BCUT2D eigenvalue weighted by molar-refractivity contribution is -0.185. The van der Waals surface area contributed by atoms with Crippen LogP contribution < -0.4 is 0 Å². The Morgan fingerprint density at radius 3 is 2.41 bits per heavy atom. The van der Waals surface area contributed by atoms with E-state index < -0.39 is 5.60 Å². The standard InChI is InChI=1S/C28H42O4/c1-7-8-15-31-21-9-12-26(5)23-10-13-27(6)24(22(23)16-18(2)25(26)17-21)11-14-28(27,19(3)29)32-20(4)30/h16-17,21-24H,7-15H2,1-6H3/t21-,22+,23-,24-,26+,27-,28-/m0/s1. The fourth-order valence-corrected chi connectivity index (χ4v) is 8.13. The summed E-state index contributed by atoms with van der Waals surface area (Å²) in [7, 11) is 0. The first-order valence-electron chi connectivity index (χ1n) is 12.8. The quantitative estimate of drug-likeness (QED) is 0.363. The SMILES string of the molecule is CCCCO[C@@H]1C=C2C(C)=C[C@@H]3[C@H](CC[C@@]4(C)[C@H]3CC[C@]4(OC(C)=O)C(C)=O)[C@@]2(C)CC1. The van der Waals surface area contributed by atoms with Gasteiger partial charge in [-0.15, -0.1) is 0 Å². The van der Waals surface area contributed by atoms with Crippen molar-refractivity contribution in [3.8, 4) is 0 Å². The smallest absolute Gasteiger partial charge is 0.303 e. The lowest BCUT2D eigenvalue weighted by atomic mass is 9.47. The van der Waals surface area contributed by atoms with Crippen LogP contribution in [0, 0.1) is 28.6 Å². The number of carbonyl (C=O) groups is 2. The van der Waals surface area contributed by atoms with Crippen LogP contribution in [-0.2, 0) is 19.1 Å². The van der Waals surface area contributed by atoms with Crippen LogP contribution in [0.15, 0.2) is 23.3 Å². The van der Waals surface area contributed by atoms with E-state index in [9.17, 15) is 9.59 Å². The molecule has 0 aromatic heterocycles. The molecule has 0 spiro atoms. The average Bonchev–Trinajstić information content (AvgIpc) is 3.02. The van der Waals surface area contributed by atoms with Crippen molar-refractivity contribution in [3.63, 3.8) is 0 Å². The van der Waals surface area contributed by atoms with Gasteiger partial charge in [0.1, 0.15) is 0 Å². The summed E-state index contributed by atoms with van der Waals surface area (Å²) in [6.07, 6.45) is 13.3. The molecule has 7 atom stereocenters. The minimum atomic E-state index is -0.960. The van der Waals surface area contributed by atoms with Crippen molar-refractivity contribution in [1.29, 1.82) is 0 Å². The molecule has 0 aromatic rings. The number of hydrogen-bond donors (Lipinski definition) is 0. The third-order valence-corrected chi connectivity index (χ3v) is 9.77. The molecule has 0 aliphatic heterocycles. The molecule has 2 saturated carbocycles. The second kappa shape index (κ2) is 8.42. The number of fused-ring (bicyclic) bond motifs is 5. The van der Waals surface area contributed by atoms with Crippen molar-refractivity contribution in [2.24, 2.45) is 28.6 Å². The van der Waals surface area contributed by atoms with Gasteiger partial charge in [-0.1, -0.05) is 44.9 Å². The van der Waals surface area contributed by atoms with Gasteiger partial charge in [-0.05, 0) is 87.5 Å². The zero-order valence-corrected chi connectivity index (χ0v) is 21.0. The van der Waals surface area contributed by atoms with E-state index >= 15 is 0 Å². The van der Waals surface area contributed by atoms with Gasteiger partial charge in [-0.3, -0.25) is 9.59 Å².